The molecule has 0 saturated heterocycles. The second kappa shape index (κ2) is 11.0. The van der Waals surface area contributed by atoms with Crippen LogP contribution in [0.1, 0.15) is 55.6 Å². The van der Waals surface area contributed by atoms with Gasteiger partial charge in [0.2, 0.25) is 5.91 Å². The van der Waals surface area contributed by atoms with E-state index < -0.39 is 30.1 Å². The van der Waals surface area contributed by atoms with Gasteiger partial charge in [-0.05, 0) is 53.9 Å². The number of carboxylic acid groups (broad SMARTS) is 1. The predicted octanol–water partition coefficient (Wildman–Crippen LogP) is 3.96. The van der Waals surface area contributed by atoms with Crippen molar-refractivity contribution in [1.82, 2.24) is 10.6 Å². The van der Waals surface area contributed by atoms with E-state index in [2.05, 4.69) is 10.6 Å². The average molecular weight is 476 g/mol. The number of nitriles is 1. The minimum atomic E-state index is -1.08. The highest BCUT2D eigenvalue weighted by atomic mass is 16.5. The van der Waals surface area contributed by atoms with Crippen molar-refractivity contribution >= 4 is 18.0 Å². The molecule has 8 heteroatoms. The average Bonchev–Trinajstić information content (AvgIpc) is 3.14. The van der Waals surface area contributed by atoms with Gasteiger partial charge in [0.25, 0.3) is 0 Å². The van der Waals surface area contributed by atoms with Crippen LogP contribution in [0.25, 0.3) is 11.1 Å². The molecule has 2 aliphatic carbocycles. The molecule has 4 rings (SSSR count). The van der Waals surface area contributed by atoms with Crippen molar-refractivity contribution in [3.05, 3.63) is 59.7 Å². The molecule has 182 valence electrons. The van der Waals surface area contributed by atoms with Gasteiger partial charge in [-0.15, -0.1) is 0 Å². The molecule has 0 radical (unpaired) electrons. The van der Waals surface area contributed by atoms with Gasteiger partial charge in [-0.25, -0.2) is 9.59 Å². The van der Waals surface area contributed by atoms with Crippen molar-refractivity contribution < 1.29 is 24.2 Å². The van der Waals surface area contributed by atoms with Crippen molar-refractivity contribution in [1.29, 1.82) is 5.26 Å². The molecule has 3 N–H and O–H groups in total. The van der Waals surface area contributed by atoms with Crippen molar-refractivity contribution in [3.63, 3.8) is 0 Å². The summed E-state index contributed by atoms with van der Waals surface area (Å²) in [6.07, 6.45) is 2.50. The van der Waals surface area contributed by atoms with Crippen LogP contribution in [0.5, 0.6) is 0 Å². The van der Waals surface area contributed by atoms with Crippen LogP contribution >= 0.6 is 0 Å². The molecule has 0 aliphatic heterocycles. The molecule has 0 heterocycles. The largest absolute Gasteiger partial charge is 0.480 e. The lowest BCUT2D eigenvalue weighted by molar-refractivity contribution is -0.144. The van der Waals surface area contributed by atoms with E-state index in [1.54, 1.807) is 0 Å². The first kappa shape index (κ1) is 24.3. The monoisotopic (exact) mass is 475 g/mol. The summed E-state index contributed by atoms with van der Waals surface area (Å²) in [5.74, 6) is -1.88. The fourth-order valence-corrected chi connectivity index (χ4v) is 4.84. The first-order valence-electron chi connectivity index (χ1n) is 12.0. The fourth-order valence-electron chi connectivity index (χ4n) is 4.84. The zero-order valence-electron chi connectivity index (χ0n) is 19.4. The number of ether oxygens (including phenoxy) is 1. The minimum Gasteiger partial charge on any atom is -0.480 e. The molecular weight excluding hydrogens is 446 g/mol. The highest BCUT2D eigenvalue weighted by Crippen LogP contribution is 2.44. The molecule has 35 heavy (non-hydrogen) atoms. The number of nitrogens with zero attached hydrogens (tertiary/aromatic N) is 1. The van der Waals surface area contributed by atoms with Crippen LogP contribution in [0.2, 0.25) is 0 Å². The van der Waals surface area contributed by atoms with Gasteiger partial charge in [0.05, 0.1) is 6.07 Å². The Bertz CT molecular complexity index is 1090. The molecule has 0 spiro atoms. The number of hydrogen-bond donors (Lipinski definition) is 3. The number of unbranched alkanes of at least 4 members (excludes halogenated alkanes) is 1. The van der Waals surface area contributed by atoms with Crippen LogP contribution < -0.4 is 10.6 Å². The van der Waals surface area contributed by atoms with Gasteiger partial charge in [0.1, 0.15) is 18.7 Å². The molecule has 0 aromatic heterocycles. The quantitative estimate of drug-likeness (QED) is 0.446. The van der Waals surface area contributed by atoms with E-state index in [4.69, 9.17) is 10.00 Å². The van der Waals surface area contributed by atoms with Gasteiger partial charge in [-0.1, -0.05) is 55.0 Å². The topological polar surface area (TPSA) is 129 Å². The van der Waals surface area contributed by atoms with Crippen LogP contribution in [-0.2, 0) is 14.3 Å². The number of nitrogens with one attached hydrogen (secondary N) is 2. The van der Waals surface area contributed by atoms with Gasteiger partial charge >= 0.3 is 12.1 Å². The summed E-state index contributed by atoms with van der Waals surface area (Å²) in [6, 6.07) is 16.0. The highest BCUT2D eigenvalue weighted by Gasteiger charge is 2.36. The number of amides is 2. The van der Waals surface area contributed by atoms with E-state index >= 15 is 0 Å². The van der Waals surface area contributed by atoms with Crippen LogP contribution in [0, 0.1) is 17.2 Å². The second-order valence-corrected chi connectivity index (χ2v) is 9.09. The summed E-state index contributed by atoms with van der Waals surface area (Å²) >= 11 is 0. The van der Waals surface area contributed by atoms with E-state index in [1.807, 2.05) is 54.6 Å². The molecule has 1 fully saturated rings. The Kier molecular flexibility index (Phi) is 7.66. The number of hydrogen-bond acceptors (Lipinski definition) is 5. The lowest BCUT2D eigenvalue weighted by atomic mass is 9.79. The van der Waals surface area contributed by atoms with Crippen molar-refractivity contribution in [2.45, 2.75) is 56.5 Å². The van der Waals surface area contributed by atoms with Crippen LogP contribution in [0.4, 0.5) is 4.79 Å². The van der Waals surface area contributed by atoms with Gasteiger partial charge in [-0.2, -0.15) is 5.26 Å². The molecule has 2 aliphatic rings. The highest BCUT2D eigenvalue weighted by molar-refractivity contribution is 5.89. The summed E-state index contributed by atoms with van der Waals surface area (Å²) < 4.78 is 5.55. The molecule has 0 bridgehead atoms. The van der Waals surface area contributed by atoms with Crippen molar-refractivity contribution in [2.24, 2.45) is 5.92 Å². The summed E-state index contributed by atoms with van der Waals surface area (Å²) in [5.41, 5.74) is 4.38. The third-order valence-electron chi connectivity index (χ3n) is 6.92. The van der Waals surface area contributed by atoms with Crippen LogP contribution in [0.15, 0.2) is 48.5 Å². The first-order valence-corrected chi connectivity index (χ1v) is 12.0. The van der Waals surface area contributed by atoms with Gasteiger partial charge in [-0.3, -0.25) is 4.79 Å². The number of aliphatic carboxylic acids is 1. The Morgan fingerprint density at radius 1 is 1.03 bits per heavy atom. The molecule has 2 atom stereocenters. The Morgan fingerprint density at radius 3 is 2.20 bits per heavy atom. The maximum atomic E-state index is 12.9. The number of benzene rings is 2. The first-order chi connectivity index (χ1) is 17.0. The van der Waals surface area contributed by atoms with Crippen LogP contribution in [-0.4, -0.2) is 41.8 Å². The van der Waals surface area contributed by atoms with Gasteiger partial charge < -0.3 is 20.5 Å². The maximum absolute atomic E-state index is 12.9. The number of fused-ring (bicyclic) bond motifs is 3. The molecule has 2 amide bonds. The minimum absolute atomic E-state index is 0.103. The predicted molar refractivity (Wildman–Crippen MR) is 128 cm³/mol. The lowest BCUT2D eigenvalue weighted by Crippen LogP contribution is -2.54. The summed E-state index contributed by atoms with van der Waals surface area (Å²) in [7, 11) is 0. The molecule has 2 unspecified atom stereocenters. The molecule has 1 saturated carbocycles. The summed E-state index contributed by atoms with van der Waals surface area (Å²) in [6.45, 7) is 0.103. The zero-order chi connectivity index (χ0) is 24.8. The third-order valence-corrected chi connectivity index (χ3v) is 6.92. The maximum Gasteiger partial charge on any atom is 0.407 e. The standard InChI is InChI=1S/C27H29N3O5/c28-15-6-5-14-23(25(31)30-24(26(32)33)17-8-7-9-17)29-27(34)35-16-22-20-12-3-1-10-18(20)19-11-2-4-13-21(19)22/h1-4,10-13,17,22-24H,5-9,14,16H2,(H,29,34)(H,30,31)(H,32,33). The normalized spacial score (nSPS) is 16.1. The van der Waals surface area contributed by atoms with E-state index in [0.29, 0.717) is 6.42 Å². The Labute approximate surface area is 204 Å². The van der Waals surface area contributed by atoms with Gasteiger partial charge in [0.15, 0.2) is 0 Å². The Morgan fingerprint density at radius 2 is 1.66 bits per heavy atom. The number of carboxylic acids is 1. The number of carbonyl (C=O) groups is 3. The van der Waals surface area contributed by atoms with E-state index in [9.17, 15) is 19.5 Å². The van der Waals surface area contributed by atoms with Crippen molar-refractivity contribution in [3.8, 4) is 17.2 Å². The Hall–Kier alpha value is -3.86. The van der Waals surface area contributed by atoms with Crippen LogP contribution in [0.3, 0.4) is 0 Å². The van der Waals surface area contributed by atoms with Gasteiger partial charge in [0, 0.05) is 12.3 Å². The summed E-state index contributed by atoms with van der Waals surface area (Å²) in [5, 5.41) is 23.6. The lowest BCUT2D eigenvalue weighted by Gasteiger charge is -2.32. The third kappa shape index (κ3) is 5.46. The van der Waals surface area contributed by atoms with E-state index in [-0.39, 0.29) is 31.3 Å². The fraction of sp³-hybridized carbons (Fsp3) is 0.407. The molecule has 2 aromatic carbocycles. The van der Waals surface area contributed by atoms with Crippen molar-refractivity contribution in [2.75, 3.05) is 6.61 Å². The second-order valence-electron chi connectivity index (χ2n) is 9.09. The smallest absolute Gasteiger partial charge is 0.407 e. The van der Waals surface area contributed by atoms with E-state index in [1.165, 1.54) is 0 Å². The number of carbonyl (C=O) groups excluding carboxylic acids is 2. The SMILES string of the molecule is N#CCCCC(NC(=O)OCC1c2ccccc2-c2ccccc21)C(=O)NC(C(=O)O)C1CCC1. The zero-order valence-corrected chi connectivity index (χ0v) is 19.4. The number of rotatable bonds is 10. The molecular formula is C27H29N3O5. The van der Waals surface area contributed by atoms with E-state index in [0.717, 1.165) is 41.5 Å². The Balaban J connectivity index is 1.40. The number of alkyl carbamates (subject to hydrolysis) is 1. The molecule has 2 aromatic rings. The summed E-state index contributed by atoms with van der Waals surface area (Å²) in [4.78, 5) is 37.2. The molecule has 8 nitrogen and oxygen atoms in total.